The van der Waals surface area contributed by atoms with Gasteiger partial charge in [0.2, 0.25) is 5.78 Å². The van der Waals surface area contributed by atoms with E-state index < -0.39 is 17.5 Å². The first-order valence-corrected chi connectivity index (χ1v) is 5.49. The average Bonchev–Trinajstić information content (AvgIpc) is 2.53. The lowest BCUT2D eigenvalue weighted by Crippen LogP contribution is -2.45. The summed E-state index contributed by atoms with van der Waals surface area (Å²) in [5, 5.41) is 3.79. The number of hydrogen-bond donors (Lipinski definition) is 0. The van der Waals surface area contributed by atoms with Crippen LogP contribution >= 0.6 is 0 Å². The first-order valence-electron chi connectivity index (χ1n) is 5.49. The van der Waals surface area contributed by atoms with E-state index >= 15 is 0 Å². The molecule has 0 unspecified atom stereocenters. The van der Waals surface area contributed by atoms with Crippen molar-refractivity contribution in [3.63, 3.8) is 0 Å². The van der Waals surface area contributed by atoms with Gasteiger partial charge in [-0.25, -0.2) is 0 Å². The van der Waals surface area contributed by atoms with Gasteiger partial charge in [-0.1, -0.05) is 19.0 Å². The van der Waals surface area contributed by atoms with Crippen molar-refractivity contribution in [1.29, 1.82) is 0 Å². The van der Waals surface area contributed by atoms with E-state index in [2.05, 4.69) is 5.16 Å². The molecule has 17 heavy (non-hydrogen) atoms. The van der Waals surface area contributed by atoms with Crippen LogP contribution in [0.4, 0.5) is 0 Å². The van der Waals surface area contributed by atoms with Gasteiger partial charge in [-0.15, -0.1) is 0 Å². The lowest BCUT2D eigenvalue weighted by Gasteiger charge is -2.35. The van der Waals surface area contributed by atoms with Crippen molar-refractivity contribution in [3.8, 4) is 0 Å². The number of ketones is 1. The highest BCUT2D eigenvalue weighted by atomic mass is 16.5. The second-order valence-corrected chi connectivity index (χ2v) is 5.09. The van der Waals surface area contributed by atoms with E-state index in [4.69, 9.17) is 9.26 Å². The summed E-state index contributed by atoms with van der Waals surface area (Å²) in [4.78, 5) is 23.3. The van der Waals surface area contributed by atoms with Gasteiger partial charge in [0.05, 0.1) is 11.3 Å². The maximum absolute atomic E-state index is 12.3. The molecule has 0 bridgehead atoms. The Morgan fingerprint density at radius 3 is 2.76 bits per heavy atom. The van der Waals surface area contributed by atoms with Gasteiger partial charge in [0.25, 0.3) is 0 Å². The number of fused-ring (bicyclic) bond motifs is 1. The van der Waals surface area contributed by atoms with Crippen molar-refractivity contribution in [2.45, 2.75) is 40.2 Å². The normalized spacial score (nSPS) is 22.1. The molecule has 1 aromatic rings. The summed E-state index contributed by atoms with van der Waals surface area (Å²) >= 11 is 0. The molecular weight excluding hydrogens is 222 g/mol. The molecule has 1 heterocycles. The average molecular weight is 237 g/mol. The smallest absolute Gasteiger partial charge is 0.303 e. The number of rotatable bonds is 1. The van der Waals surface area contributed by atoms with Crippen molar-refractivity contribution in [2.24, 2.45) is 5.41 Å². The molecule has 5 nitrogen and oxygen atoms in total. The van der Waals surface area contributed by atoms with Crippen LogP contribution in [0.2, 0.25) is 0 Å². The maximum Gasteiger partial charge on any atom is 0.303 e. The number of aryl methyl sites for hydroxylation is 1. The summed E-state index contributed by atoms with van der Waals surface area (Å²) in [5.74, 6) is -0.0833. The summed E-state index contributed by atoms with van der Waals surface area (Å²) in [6, 6.07) is 0. The van der Waals surface area contributed by atoms with Crippen LogP contribution in [-0.4, -0.2) is 23.0 Å². The molecule has 2 rings (SSSR count). The Hall–Kier alpha value is -1.65. The topological polar surface area (TPSA) is 69.4 Å². The van der Waals surface area contributed by atoms with Gasteiger partial charge in [-0.3, -0.25) is 9.59 Å². The Bertz CT molecular complexity index is 487. The zero-order chi connectivity index (χ0) is 12.8. The van der Waals surface area contributed by atoms with Gasteiger partial charge in [0, 0.05) is 18.8 Å². The molecular formula is C12H15NO4. The van der Waals surface area contributed by atoms with Crippen molar-refractivity contribution in [3.05, 3.63) is 17.0 Å². The van der Waals surface area contributed by atoms with E-state index in [0.29, 0.717) is 23.4 Å². The third kappa shape index (κ3) is 1.85. The summed E-state index contributed by atoms with van der Waals surface area (Å²) in [6.07, 6.45) is -0.224. The first kappa shape index (κ1) is 11.8. The van der Waals surface area contributed by atoms with Crippen LogP contribution in [0.1, 0.15) is 42.6 Å². The molecule has 0 fully saturated rings. The molecule has 1 aliphatic rings. The van der Waals surface area contributed by atoms with Crippen LogP contribution in [0.5, 0.6) is 0 Å². The molecule has 0 N–H and O–H groups in total. The quantitative estimate of drug-likeness (QED) is 0.695. The number of hydrogen-bond acceptors (Lipinski definition) is 5. The number of ether oxygens (including phenoxy) is 1. The Labute approximate surface area is 99.1 Å². The lowest BCUT2D eigenvalue weighted by molar-refractivity contribution is -0.149. The van der Waals surface area contributed by atoms with E-state index in [9.17, 15) is 9.59 Å². The van der Waals surface area contributed by atoms with E-state index in [-0.39, 0.29) is 5.78 Å². The van der Waals surface area contributed by atoms with Crippen LogP contribution in [-0.2, 0) is 16.0 Å². The van der Waals surface area contributed by atoms with Crippen LogP contribution < -0.4 is 0 Å². The molecule has 5 heteroatoms. The molecule has 0 radical (unpaired) electrons. The summed E-state index contributed by atoms with van der Waals surface area (Å²) in [5.41, 5.74) is 0.551. The minimum atomic E-state index is -0.759. The zero-order valence-corrected chi connectivity index (χ0v) is 10.4. The van der Waals surface area contributed by atoms with E-state index in [1.54, 1.807) is 6.92 Å². The van der Waals surface area contributed by atoms with Crippen LogP contribution in [0.15, 0.2) is 4.52 Å². The predicted molar refractivity (Wildman–Crippen MR) is 58.6 cm³/mol. The number of esters is 1. The first-order chi connectivity index (χ1) is 7.83. The highest BCUT2D eigenvalue weighted by Crippen LogP contribution is 2.38. The minimum Gasteiger partial charge on any atom is -0.454 e. The number of Topliss-reactive ketones (excluding diaryl/α,β-unsaturated/α-hetero) is 1. The standard InChI is InChI=1S/C12H15NO4/c1-6-9-8(17-13-6)5-12(3,4)11(10(9)15)16-7(2)14/h11H,5H2,1-4H3/t11-/m1/s1. The molecule has 1 aliphatic carbocycles. The van der Waals surface area contributed by atoms with Crippen LogP contribution in [0, 0.1) is 12.3 Å². The summed E-state index contributed by atoms with van der Waals surface area (Å²) in [7, 11) is 0. The van der Waals surface area contributed by atoms with Gasteiger partial charge in [0.1, 0.15) is 5.76 Å². The minimum absolute atomic E-state index is 0.217. The summed E-state index contributed by atoms with van der Waals surface area (Å²) < 4.78 is 10.3. The van der Waals surface area contributed by atoms with Gasteiger partial charge < -0.3 is 9.26 Å². The molecule has 0 spiro atoms. The van der Waals surface area contributed by atoms with E-state index in [1.165, 1.54) is 6.92 Å². The van der Waals surface area contributed by atoms with Crippen LogP contribution in [0.3, 0.4) is 0 Å². The van der Waals surface area contributed by atoms with Crippen LogP contribution in [0.25, 0.3) is 0 Å². The number of carbonyl (C=O) groups excluding carboxylic acids is 2. The zero-order valence-electron chi connectivity index (χ0n) is 10.4. The van der Waals surface area contributed by atoms with E-state index in [0.717, 1.165) is 0 Å². The van der Waals surface area contributed by atoms with Gasteiger partial charge in [0.15, 0.2) is 6.10 Å². The fraction of sp³-hybridized carbons (Fsp3) is 0.583. The number of aromatic nitrogens is 1. The predicted octanol–water partition coefficient (Wildman–Crippen LogP) is 1.68. The van der Waals surface area contributed by atoms with E-state index in [1.807, 2.05) is 13.8 Å². The molecule has 0 amide bonds. The van der Waals surface area contributed by atoms with Gasteiger partial charge in [-0.05, 0) is 6.92 Å². The van der Waals surface area contributed by atoms with Crippen molar-refractivity contribution < 1.29 is 18.8 Å². The molecule has 0 aliphatic heterocycles. The lowest BCUT2D eigenvalue weighted by atomic mass is 9.73. The van der Waals surface area contributed by atoms with Crippen molar-refractivity contribution in [1.82, 2.24) is 5.16 Å². The third-order valence-electron chi connectivity index (χ3n) is 3.03. The monoisotopic (exact) mass is 237 g/mol. The fourth-order valence-electron chi connectivity index (χ4n) is 2.22. The van der Waals surface area contributed by atoms with Gasteiger partial charge >= 0.3 is 5.97 Å². The highest BCUT2D eigenvalue weighted by molar-refractivity contribution is 6.03. The number of nitrogens with zero attached hydrogens (tertiary/aromatic N) is 1. The second kappa shape index (κ2) is 3.68. The Balaban J connectivity index is 2.45. The molecule has 0 saturated carbocycles. The number of carbonyl (C=O) groups is 2. The molecule has 1 atom stereocenters. The summed E-state index contributed by atoms with van der Waals surface area (Å²) in [6.45, 7) is 6.77. The Kier molecular flexibility index (Phi) is 2.56. The SMILES string of the molecule is CC(=O)O[C@@H]1C(=O)c2c(C)noc2CC1(C)C. The van der Waals surface area contributed by atoms with Gasteiger partial charge in [-0.2, -0.15) is 0 Å². The highest BCUT2D eigenvalue weighted by Gasteiger charge is 2.46. The Morgan fingerprint density at radius 1 is 1.53 bits per heavy atom. The molecule has 92 valence electrons. The van der Waals surface area contributed by atoms with Crippen molar-refractivity contribution >= 4 is 11.8 Å². The largest absolute Gasteiger partial charge is 0.454 e. The maximum atomic E-state index is 12.3. The second-order valence-electron chi connectivity index (χ2n) is 5.09. The fourth-order valence-corrected chi connectivity index (χ4v) is 2.22. The molecule has 0 saturated heterocycles. The molecule has 0 aromatic carbocycles. The third-order valence-corrected chi connectivity index (χ3v) is 3.03. The molecule has 1 aromatic heterocycles. The van der Waals surface area contributed by atoms with Crippen molar-refractivity contribution in [2.75, 3.05) is 0 Å². The Morgan fingerprint density at radius 2 is 2.18 bits per heavy atom.